The summed E-state index contributed by atoms with van der Waals surface area (Å²) in [6, 6.07) is 16.8. The number of nitrogens with zero attached hydrogens (tertiary/aromatic N) is 1. The summed E-state index contributed by atoms with van der Waals surface area (Å²) in [6.45, 7) is 5.30. The maximum atomic E-state index is 12.9. The molecule has 2 aliphatic rings. The Morgan fingerprint density at radius 1 is 1.11 bits per heavy atom. The Kier molecular flexibility index (Phi) is 5.44. The van der Waals surface area contributed by atoms with E-state index in [1.807, 2.05) is 18.2 Å². The van der Waals surface area contributed by atoms with Crippen LogP contribution in [0, 0.1) is 12.8 Å². The van der Waals surface area contributed by atoms with Crippen molar-refractivity contribution in [2.24, 2.45) is 5.92 Å². The Morgan fingerprint density at radius 3 is 2.52 bits per heavy atom. The van der Waals surface area contributed by atoms with Crippen LogP contribution in [0.3, 0.4) is 0 Å². The zero-order chi connectivity index (χ0) is 18.6. The first-order valence-electron chi connectivity index (χ1n) is 9.99. The van der Waals surface area contributed by atoms with Crippen molar-refractivity contribution in [2.75, 3.05) is 36.5 Å². The Bertz CT molecular complexity index is 777. The third-order valence-corrected chi connectivity index (χ3v) is 5.63. The van der Waals surface area contributed by atoms with Crippen LogP contribution in [-0.2, 0) is 9.53 Å². The molecule has 1 unspecified atom stereocenters. The van der Waals surface area contributed by atoms with Gasteiger partial charge in [-0.1, -0.05) is 42.0 Å². The molecule has 1 N–H and O–H groups in total. The summed E-state index contributed by atoms with van der Waals surface area (Å²) < 4.78 is 5.46. The molecule has 4 heteroatoms. The molecule has 1 aliphatic carbocycles. The van der Waals surface area contributed by atoms with Crippen LogP contribution in [0.25, 0.3) is 0 Å². The molecule has 1 amide bonds. The number of amides is 1. The van der Waals surface area contributed by atoms with Gasteiger partial charge in [-0.2, -0.15) is 0 Å². The lowest BCUT2D eigenvalue weighted by molar-refractivity contribution is -0.116. The Morgan fingerprint density at radius 2 is 1.81 bits per heavy atom. The van der Waals surface area contributed by atoms with Gasteiger partial charge in [0.05, 0.1) is 24.6 Å². The summed E-state index contributed by atoms with van der Waals surface area (Å²) in [5, 5.41) is 3.18. The van der Waals surface area contributed by atoms with Crippen molar-refractivity contribution in [3.63, 3.8) is 0 Å². The van der Waals surface area contributed by atoms with Crippen LogP contribution in [0.5, 0.6) is 0 Å². The van der Waals surface area contributed by atoms with Crippen LogP contribution in [0.15, 0.2) is 48.5 Å². The second-order valence-corrected chi connectivity index (χ2v) is 7.72. The number of nitrogens with one attached hydrogen (secondary N) is 1. The highest BCUT2D eigenvalue weighted by Gasteiger charge is 2.33. The molecule has 1 atom stereocenters. The highest BCUT2D eigenvalue weighted by molar-refractivity contribution is 5.94. The van der Waals surface area contributed by atoms with Crippen LogP contribution in [-0.4, -0.2) is 32.2 Å². The van der Waals surface area contributed by atoms with E-state index < -0.39 is 0 Å². The minimum absolute atomic E-state index is 0.105. The highest BCUT2D eigenvalue weighted by atomic mass is 16.5. The van der Waals surface area contributed by atoms with E-state index in [0.717, 1.165) is 37.7 Å². The van der Waals surface area contributed by atoms with E-state index in [2.05, 4.69) is 47.5 Å². The van der Waals surface area contributed by atoms with Crippen LogP contribution < -0.4 is 10.2 Å². The number of rotatable bonds is 6. The standard InChI is InChI=1S/C23H28N2O2/c1-17-6-8-18(9-7-17)20(19-10-11-19)16-23(26)24-21-4-2-3-5-22(21)25-12-14-27-15-13-25/h2-9,19-20H,10-16H2,1H3,(H,24,26). The molecule has 2 aromatic rings. The van der Waals surface area contributed by atoms with Gasteiger partial charge >= 0.3 is 0 Å². The second-order valence-electron chi connectivity index (χ2n) is 7.72. The number of carbonyl (C=O) groups is 1. The molecule has 27 heavy (non-hydrogen) atoms. The third-order valence-electron chi connectivity index (χ3n) is 5.63. The molecule has 0 aromatic heterocycles. The van der Waals surface area contributed by atoms with Crippen molar-refractivity contribution in [1.82, 2.24) is 0 Å². The molecule has 1 saturated carbocycles. The number of hydrogen-bond acceptors (Lipinski definition) is 3. The molecule has 4 rings (SSSR count). The van der Waals surface area contributed by atoms with Crippen molar-refractivity contribution in [3.05, 3.63) is 59.7 Å². The summed E-state index contributed by atoms with van der Waals surface area (Å²) in [7, 11) is 0. The molecule has 0 radical (unpaired) electrons. The highest BCUT2D eigenvalue weighted by Crippen LogP contribution is 2.44. The van der Waals surface area contributed by atoms with E-state index in [0.29, 0.717) is 18.3 Å². The number of benzene rings is 2. The predicted molar refractivity (Wildman–Crippen MR) is 109 cm³/mol. The quantitative estimate of drug-likeness (QED) is 0.828. The van der Waals surface area contributed by atoms with Crippen LogP contribution >= 0.6 is 0 Å². The van der Waals surface area contributed by atoms with Gasteiger partial charge in [0.15, 0.2) is 0 Å². The van der Waals surface area contributed by atoms with Gasteiger partial charge in [-0.3, -0.25) is 4.79 Å². The van der Waals surface area contributed by atoms with Gasteiger partial charge in [0.2, 0.25) is 5.91 Å². The van der Waals surface area contributed by atoms with Crippen LogP contribution in [0.4, 0.5) is 11.4 Å². The molecule has 142 valence electrons. The molecule has 0 bridgehead atoms. The summed E-state index contributed by atoms with van der Waals surface area (Å²) >= 11 is 0. The van der Waals surface area contributed by atoms with E-state index in [1.165, 1.54) is 24.0 Å². The van der Waals surface area contributed by atoms with Crippen molar-refractivity contribution in [2.45, 2.75) is 32.1 Å². The molecule has 1 saturated heterocycles. The van der Waals surface area contributed by atoms with Gasteiger partial charge in [-0.25, -0.2) is 0 Å². The maximum Gasteiger partial charge on any atom is 0.225 e. The average molecular weight is 364 g/mol. The van der Waals surface area contributed by atoms with Gasteiger partial charge in [-0.05, 0) is 49.3 Å². The zero-order valence-corrected chi connectivity index (χ0v) is 16.0. The van der Waals surface area contributed by atoms with Gasteiger partial charge in [0.1, 0.15) is 0 Å². The molecule has 4 nitrogen and oxygen atoms in total. The fourth-order valence-corrected chi connectivity index (χ4v) is 3.93. The Balaban J connectivity index is 1.46. The number of ether oxygens (including phenoxy) is 1. The van der Waals surface area contributed by atoms with Crippen molar-refractivity contribution < 1.29 is 9.53 Å². The van der Waals surface area contributed by atoms with Crippen molar-refractivity contribution in [3.8, 4) is 0 Å². The second kappa shape index (κ2) is 8.13. The molecule has 1 aliphatic heterocycles. The SMILES string of the molecule is Cc1ccc(C(CC(=O)Nc2ccccc2N2CCOCC2)C2CC2)cc1. The fourth-order valence-electron chi connectivity index (χ4n) is 3.93. The molecule has 1 heterocycles. The van der Waals surface area contributed by atoms with Gasteiger partial charge in [-0.15, -0.1) is 0 Å². The lowest BCUT2D eigenvalue weighted by Crippen LogP contribution is -2.36. The fraction of sp³-hybridized carbons (Fsp3) is 0.435. The molecular weight excluding hydrogens is 336 g/mol. The van der Waals surface area contributed by atoms with Gasteiger partial charge in [0, 0.05) is 19.5 Å². The lowest BCUT2D eigenvalue weighted by atomic mass is 9.90. The van der Waals surface area contributed by atoms with E-state index >= 15 is 0 Å². The van der Waals surface area contributed by atoms with Crippen molar-refractivity contribution in [1.29, 1.82) is 0 Å². The zero-order valence-electron chi connectivity index (χ0n) is 16.0. The minimum atomic E-state index is 0.105. The summed E-state index contributed by atoms with van der Waals surface area (Å²) in [4.78, 5) is 15.2. The molecular formula is C23H28N2O2. The monoisotopic (exact) mass is 364 g/mol. The summed E-state index contributed by atoms with van der Waals surface area (Å²) in [5.74, 6) is 1.07. The Labute approximate surface area is 161 Å². The lowest BCUT2D eigenvalue weighted by Gasteiger charge is -2.30. The number of anilines is 2. The minimum Gasteiger partial charge on any atom is -0.378 e. The van der Waals surface area contributed by atoms with Gasteiger partial charge in [0.25, 0.3) is 0 Å². The number of para-hydroxylation sites is 2. The summed E-state index contributed by atoms with van der Waals surface area (Å²) in [5.41, 5.74) is 4.55. The van der Waals surface area contributed by atoms with E-state index in [-0.39, 0.29) is 5.91 Å². The third kappa shape index (κ3) is 4.51. The van der Waals surface area contributed by atoms with E-state index in [1.54, 1.807) is 0 Å². The molecule has 0 spiro atoms. The van der Waals surface area contributed by atoms with Crippen LogP contribution in [0.1, 0.15) is 36.3 Å². The van der Waals surface area contributed by atoms with E-state index in [4.69, 9.17) is 4.74 Å². The smallest absolute Gasteiger partial charge is 0.225 e. The molecule has 2 aromatic carbocycles. The normalized spacial score (nSPS) is 18.2. The summed E-state index contributed by atoms with van der Waals surface area (Å²) in [6.07, 6.45) is 3.01. The van der Waals surface area contributed by atoms with Gasteiger partial charge < -0.3 is 15.0 Å². The molecule has 2 fully saturated rings. The van der Waals surface area contributed by atoms with Crippen LogP contribution in [0.2, 0.25) is 0 Å². The first-order chi connectivity index (χ1) is 13.2. The topological polar surface area (TPSA) is 41.6 Å². The number of carbonyl (C=O) groups excluding carboxylic acids is 1. The average Bonchev–Trinajstić information content (AvgIpc) is 3.53. The number of morpholine rings is 1. The van der Waals surface area contributed by atoms with Crippen molar-refractivity contribution >= 4 is 17.3 Å². The first kappa shape index (κ1) is 18.1. The number of aryl methyl sites for hydroxylation is 1. The number of hydrogen-bond donors (Lipinski definition) is 1. The predicted octanol–water partition coefficient (Wildman–Crippen LogP) is 4.35. The Hall–Kier alpha value is -2.33. The maximum absolute atomic E-state index is 12.9. The largest absolute Gasteiger partial charge is 0.378 e. The van der Waals surface area contributed by atoms with E-state index in [9.17, 15) is 4.79 Å². The first-order valence-corrected chi connectivity index (χ1v) is 9.99.